The summed E-state index contributed by atoms with van der Waals surface area (Å²) in [6.45, 7) is 2.28. The highest BCUT2D eigenvalue weighted by Crippen LogP contribution is 2.48. The number of thiazole rings is 1. The van der Waals surface area contributed by atoms with E-state index in [-0.39, 0.29) is 0 Å². The Bertz CT molecular complexity index is 630. The molecule has 1 N–H and O–H groups in total. The largest absolute Gasteiger partial charge is 0.458 e. The van der Waals surface area contributed by atoms with Gasteiger partial charge in [0.25, 0.3) is 0 Å². The van der Waals surface area contributed by atoms with Gasteiger partial charge in [-0.2, -0.15) is 0 Å². The van der Waals surface area contributed by atoms with Crippen molar-refractivity contribution in [3.05, 3.63) is 28.5 Å². The van der Waals surface area contributed by atoms with Crippen LogP contribution < -0.4 is 5.32 Å². The first-order valence-electron chi connectivity index (χ1n) is 7.53. The fraction of sp³-hybridized carbons (Fsp3) is 0.562. The Morgan fingerprint density at radius 2 is 2.25 bits per heavy atom. The highest BCUT2D eigenvalue weighted by molar-refractivity contribution is 7.15. The van der Waals surface area contributed by atoms with E-state index >= 15 is 0 Å². The molecule has 2 aromatic heterocycles. The third-order valence-corrected chi connectivity index (χ3v) is 5.76. The number of nitrogens with one attached hydrogen (secondary N) is 1. The van der Waals surface area contributed by atoms with Crippen LogP contribution >= 0.6 is 11.3 Å². The van der Waals surface area contributed by atoms with Gasteiger partial charge >= 0.3 is 0 Å². The van der Waals surface area contributed by atoms with Gasteiger partial charge in [0.1, 0.15) is 5.76 Å². The van der Waals surface area contributed by atoms with Crippen molar-refractivity contribution >= 4 is 11.3 Å². The van der Waals surface area contributed by atoms with E-state index in [2.05, 4.69) is 24.4 Å². The van der Waals surface area contributed by atoms with Gasteiger partial charge in [-0.15, -0.1) is 11.3 Å². The fourth-order valence-electron chi connectivity index (χ4n) is 3.19. The van der Waals surface area contributed by atoms with E-state index in [0.29, 0.717) is 12.0 Å². The van der Waals surface area contributed by atoms with Gasteiger partial charge in [-0.25, -0.2) is 4.98 Å². The molecule has 3 atom stereocenters. The smallest absolute Gasteiger partial charge is 0.162 e. The minimum Gasteiger partial charge on any atom is -0.458 e. The fourth-order valence-corrected chi connectivity index (χ4v) is 4.32. The molecule has 2 aliphatic carbocycles. The Kier molecular flexibility index (Phi) is 2.97. The van der Waals surface area contributed by atoms with Crippen molar-refractivity contribution < 1.29 is 4.42 Å². The number of hydrogen-bond acceptors (Lipinski definition) is 4. The van der Waals surface area contributed by atoms with Crippen LogP contribution in [0.5, 0.6) is 0 Å². The molecule has 3 nitrogen and oxygen atoms in total. The summed E-state index contributed by atoms with van der Waals surface area (Å²) < 4.78 is 6.04. The quantitative estimate of drug-likeness (QED) is 0.923. The topological polar surface area (TPSA) is 38.1 Å². The lowest BCUT2D eigenvalue weighted by atomic mass is 9.98. The zero-order valence-corrected chi connectivity index (χ0v) is 12.8. The summed E-state index contributed by atoms with van der Waals surface area (Å²) in [6.07, 6.45) is 4.88. The molecule has 0 aliphatic heterocycles. The van der Waals surface area contributed by atoms with E-state index in [1.165, 1.54) is 36.3 Å². The monoisotopic (exact) mass is 288 g/mol. The summed E-state index contributed by atoms with van der Waals surface area (Å²) in [6, 6.07) is 4.65. The second-order valence-electron chi connectivity index (χ2n) is 6.08. The van der Waals surface area contributed by atoms with Gasteiger partial charge in [0.2, 0.25) is 0 Å². The summed E-state index contributed by atoms with van der Waals surface area (Å²) in [4.78, 5) is 6.28. The van der Waals surface area contributed by atoms with Gasteiger partial charge in [0.15, 0.2) is 10.8 Å². The predicted octanol–water partition coefficient (Wildman–Crippen LogP) is 4.12. The third kappa shape index (κ3) is 2.02. The third-order valence-electron chi connectivity index (χ3n) is 4.62. The van der Waals surface area contributed by atoms with Crippen LogP contribution in [0.2, 0.25) is 0 Å². The van der Waals surface area contributed by atoms with Crippen molar-refractivity contribution in [2.24, 2.45) is 5.92 Å². The van der Waals surface area contributed by atoms with Gasteiger partial charge in [-0.05, 0) is 50.8 Å². The maximum absolute atomic E-state index is 6.04. The molecule has 0 saturated heterocycles. The molecular formula is C16H20N2OS. The van der Waals surface area contributed by atoms with E-state index in [1.54, 1.807) is 0 Å². The van der Waals surface area contributed by atoms with E-state index in [1.807, 2.05) is 18.4 Å². The number of rotatable bonds is 3. The molecule has 4 rings (SSSR count). The second kappa shape index (κ2) is 4.71. The number of aromatic nitrogens is 1. The summed E-state index contributed by atoms with van der Waals surface area (Å²) in [5.41, 5.74) is 1.25. The van der Waals surface area contributed by atoms with Crippen LogP contribution in [0.3, 0.4) is 0 Å². The molecule has 2 aromatic rings. The van der Waals surface area contributed by atoms with Gasteiger partial charge < -0.3 is 9.73 Å². The minimum atomic E-state index is 0.418. The van der Waals surface area contributed by atoms with Crippen molar-refractivity contribution in [2.75, 3.05) is 7.05 Å². The average Bonchev–Trinajstić information content (AvgIpc) is 2.92. The SMILES string of the molecule is CNC1CCCc2sc(-c3ccc(C4CC4C)o3)nc21. The average molecular weight is 288 g/mol. The van der Waals surface area contributed by atoms with E-state index in [0.717, 1.165) is 22.4 Å². The summed E-state index contributed by atoms with van der Waals surface area (Å²) in [5, 5.41) is 4.43. The second-order valence-corrected chi connectivity index (χ2v) is 7.17. The first-order valence-corrected chi connectivity index (χ1v) is 8.35. The molecule has 2 heterocycles. The molecule has 0 bridgehead atoms. The zero-order chi connectivity index (χ0) is 13.7. The highest BCUT2D eigenvalue weighted by Gasteiger charge is 2.37. The van der Waals surface area contributed by atoms with Crippen LogP contribution in [-0.2, 0) is 6.42 Å². The van der Waals surface area contributed by atoms with Crippen LogP contribution in [0.25, 0.3) is 10.8 Å². The van der Waals surface area contributed by atoms with Crippen LogP contribution in [0, 0.1) is 5.92 Å². The first kappa shape index (κ1) is 12.6. The van der Waals surface area contributed by atoms with Crippen molar-refractivity contribution in [2.45, 2.75) is 44.6 Å². The van der Waals surface area contributed by atoms with Gasteiger partial charge in [0, 0.05) is 10.8 Å². The molecule has 0 radical (unpaired) electrons. The van der Waals surface area contributed by atoms with Crippen LogP contribution in [0.4, 0.5) is 0 Å². The van der Waals surface area contributed by atoms with Gasteiger partial charge in [0.05, 0.1) is 11.7 Å². The van der Waals surface area contributed by atoms with E-state index in [9.17, 15) is 0 Å². The number of fused-ring (bicyclic) bond motifs is 1. The predicted molar refractivity (Wildman–Crippen MR) is 81.1 cm³/mol. The number of hydrogen-bond donors (Lipinski definition) is 1. The molecule has 0 amide bonds. The van der Waals surface area contributed by atoms with Crippen molar-refractivity contribution in [1.29, 1.82) is 0 Å². The Hall–Kier alpha value is -1.13. The molecule has 0 aromatic carbocycles. The van der Waals surface area contributed by atoms with E-state index in [4.69, 9.17) is 9.40 Å². The lowest BCUT2D eigenvalue weighted by molar-refractivity contribution is 0.488. The Labute approximate surface area is 123 Å². The van der Waals surface area contributed by atoms with Gasteiger partial charge in [-0.3, -0.25) is 0 Å². The minimum absolute atomic E-state index is 0.418. The van der Waals surface area contributed by atoms with Crippen LogP contribution in [0.15, 0.2) is 16.5 Å². The highest BCUT2D eigenvalue weighted by atomic mass is 32.1. The van der Waals surface area contributed by atoms with E-state index < -0.39 is 0 Å². The Morgan fingerprint density at radius 1 is 1.40 bits per heavy atom. The maximum Gasteiger partial charge on any atom is 0.162 e. The zero-order valence-electron chi connectivity index (χ0n) is 12.0. The summed E-state index contributed by atoms with van der Waals surface area (Å²) in [7, 11) is 2.03. The van der Waals surface area contributed by atoms with Crippen molar-refractivity contribution in [1.82, 2.24) is 10.3 Å². The number of nitrogens with zero attached hydrogens (tertiary/aromatic N) is 1. The molecule has 4 heteroatoms. The molecule has 20 heavy (non-hydrogen) atoms. The number of furan rings is 1. The lowest BCUT2D eigenvalue weighted by Crippen LogP contribution is -2.21. The molecule has 3 unspecified atom stereocenters. The molecular weight excluding hydrogens is 268 g/mol. The number of aryl methyl sites for hydroxylation is 1. The molecule has 2 aliphatic rings. The van der Waals surface area contributed by atoms with Crippen molar-refractivity contribution in [3.8, 4) is 10.8 Å². The van der Waals surface area contributed by atoms with Crippen LogP contribution in [0.1, 0.15) is 54.5 Å². The maximum atomic E-state index is 6.04. The first-order chi connectivity index (χ1) is 9.76. The molecule has 1 saturated carbocycles. The van der Waals surface area contributed by atoms with Gasteiger partial charge in [-0.1, -0.05) is 6.92 Å². The Balaban J connectivity index is 1.65. The standard InChI is InChI=1S/C16H20N2OS/c1-9-8-10(9)12-6-7-13(19-12)16-18-15-11(17-2)4-3-5-14(15)20-16/h6-7,9-11,17H,3-5,8H2,1-2H3. The van der Waals surface area contributed by atoms with Crippen molar-refractivity contribution in [3.63, 3.8) is 0 Å². The summed E-state index contributed by atoms with van der Waals surface area (Å²) in [5.74, 6) is 3.52. The normalized spacial score (nSPS) is 28.4. The Morgan fingerprint density at radius 3 is 3.00 bits per heavy atom. The molecule has 1 fully saturated rings. The molecule has 106 valence electrons. The summed E-state index contributed by atoms with van der Waals surface area (Å²) >= 11 is 1.81. The lowest BCUT2D eigenvalue weighted by Gasteiger charge is -2.19. The molecule has 0 spiro atoms. The van der Waals surface area contributed by atoms with Crippen LogP contribution in [-0.4, -0.2) is 12.0 Å².